The standard InChI is InChI=1S/C28H23BrN4O2/c1-3-14-33-25-13-8-17(2)15-22(25)26(28(33)35)31-32-27(34)21-16-24(18-9-11-19(29)12-10-18)30-23-7-5-4-6-20(21)23/h4-13,15-16,35H,3,14H2,1-2H3. The first kappa shape index (κ1) is 22.9. The molecule has 0 aliphatic rings. The van der Waals surface area contributed by atoms with Crippen molar-refractivity contribution in [1.29, 1.82) is 0 Å². The summed E-state index contributed by atoms with van der Waals surface area (Å²) in [5, 5.41) is 20.7. The number of azo groups is 1. The first-order valence-electron chi connectivity index (χ1n) is 11.4. The first-order valence-corrected chi connectivity index (χ1v) is 12.2. The number of aromatic hydroxyl groups is 1. The summed E-state index contributed by atoms with van der Waals surface area (Å²) in [6, 6.07) is 22.9. The van der Waals surface area contributed by atoms with Crippen LogP contribution in [0, 0.1) is 6.92 Å². The van der Waals surface area contributed by atoms with E-state index < -0.39 is 5.91 Å². The Balaban J connectivity index is 1.61. The van der Waals surface area contributed by atoms with Crippen LogP contribution in [-0.2, 0) is 6.54 Å². The summed E-state index contributed by atoms with van der Waals surface area (Å²) in [4.78, 5) is 18.1. The quantitative estimate of drug-likeness (QED) is 0.236. The number of carbonyl (C=O) groups is 1. The third kappa shape index (κ3) is 4.35. The van der Waals surface area contributed by atoms with Gasteiger partial charge in [-0.05, 0) is 49.7 Å². The number of hydrogen-bond acceptors (Lipinski definition) is 4. The van der Waals surface area contributed by atoms with E-state index in [0.717, 1.165) is 32.9 Å². The summed E-state index contributed by atoms with van der Waals surface area (Å²) in [7, 11) is 0. The lowest BCUT2D eigenvalue weighted by Gasteiger charge is -2.07. The Morgan fingerprint density at radius 1 is 1.03 bits per heavy atom. The Morgan fingerprint density at radius 2 is 1.80 bits per heavy atom. The Kier molecular flexibility index (Phi) is 6.17. The Morgan fingerprint density at radius 3 is 2.57 bits per heavy atom. The number of fused-ring (bicyclic) bond motifs is 2. The maximum atomic E-state index is 13.3. The number of halogens is 1. The summed E-state index contributed by atoms with van der Waals surface area (Å²) < 4.78 is 2.77. The highest BCUT2D eigenvalue weighted by molar-refractivity contribution is 9.10. The maximum Gasteiger partial charge on any atom is 0.296 e. The number of hydrogen-bond donors (Lipinski definition) is 1. The van der Waals surface area contributed by atoms with Gasteiger partial charge in [-0.2, -0.15) is 0 Å². The number of nitrogens with zero attached hydrogens (tertiary/aromatic N) is 4. The zero-order chi connectivity index (χ0) is 24.5. The van der Waals surface area contributed by atoms with Gasteiger partial charge in [-0.15, -0.1) is 10.2 Å². The van der Waals surface area contributed by atoms with E-state index >= 15 is 0 Å². The van der Waals surface area contributed by atoms with E-state index in [0.29, 0.717) is 34.4 Å². The molecule has 0 aliphatic heterocycles. The molecule has 1 amide bonds. The van der Waals surface area contributed by atoms with Gasteiger partial charge in [0, 0.05) is 27.4 Å². The van der Waals surface area contributed by atoms with Gasteiger partial charge in [0.05, 0.1) is 22.3 Å². The van der Waals surface area contributed by atoms with E-state index in [2.05, 4.69) is 26.2 Å². The van der Waals surface area contributed by atoms with Crippen molar-refractivity contribution in [2.45, 2.75) is 26.8 Å². The molecule has 5 aromatic rings. The number of aryl methyl sites for hydroxylation is 2. The summed E-state index contributed by atoms with van der Waals surface area (Å²) in [5.41, 5.74) is 4.87. The molecule has 0 bridgehead atoms. The Bertz CT molecular complexity index is 1600. The molecule has 0 aliphatic carbocycles. The topological polar surface area (TPSA) is 79.8 Å². The lowest BCUT2D eigenvalue weighted by molar-refractivity contribution is 0.0996. The van der Waals surface area contributed by atoms with E-state index in [9.17, 15) is 9.90 Å². The molecule has 35 heavy (non-hydrogen) atoms. The second-order valence-corrected chi connectivity index (χ2v) is 9.34. The summed E-state index contributed by atoms with van der Waals surface area (Å²) in [6.07, 6.45) is 0.850. The normalized spacial score (nSPS) is 11.6. The average Bonchev–Trinajstić information content (AvgIpc) is 3.12. The Hall–Kier alpha value is -3.84. The fourth-order valence-electron chi connectivity index (χ4n) is 4.26. The molecule has 0 radical (unpaired) electrons. The van der Waals surface area contributed by atoms with Crippen LogP contribution in [0.4, 0.5) is 5.69 Å². The fourth-order valence-corrected chi connectivity index (χ4v) is 4.52. The molecule has 0 saturated carbocycles. The number of aromatic nitrogens is 2. The lowest BCUT2D eigenvalue weighted by atomic mass is 10.0. The van der Waals surface area contributed by atoms with Gasteiger partial charge in [0.25, 0.3) is 5.91 Å². The number of benzene rings is 3. The largest absolute Gasteiger partial charge is 0.493 e. The van der Waals surface area contributed by atoms with Gasteiger partial charge in [-0.3, -0.25) is 4.79 Å². The molecule has 0 unspecified atom stereocenters. The zero-order valence-corrected chi connectivity index (χ0v) is 21.0. The van der Waals surface area contributed by atoms with Crippen molar-refractivity contribution in [2.75, 3.05) is 0 Å². The third-order valence-electron chi connectivity index (χ3n) is 5.94. The molecule has 0 spiro atoms. The van der Waals surface area contributed by atoms with Gasteiger partial charge < -0.3 is 9.67 Å². The van der Waals surface area contributed by atoms with Crippen LogP contribution in [-0.4, -0.2) is 20.6 Å². The van der Waals surface area contributed by atoms with Crippen molar-refractivity contribution < 1.29 is 9.90 Å². The number of para-hydroxylation sites is 1. The van der Waals surface area contributed by atoms with E-state index in [1.807, 2.05) is 80.6 Å². The lowest BCUT2D eigenvalue weighted by Crippen LogP contribution is -1.99. The van der Waals surface area contributed by atoms with Crippen LogP contribution in [0.15, 0.2) is 87.5 Å². The second kappa shape index (κ2) is 9.43. The van der Waals surface area contributed by atoms with Crippen molar-refractivity contribution in [2.24, 2.45) is 10.2 Å². The minimum Gasteiger partial charge on any atom is -0.493 e. The molecule has 3 aromatic carbocycles. The molecule has 2 heterocycles. The molecule has 5 rings (SSSR count). The minimum absolute atomic E-state index is 0.0131. The smallest absolute Gasteiger partial charge is 0.296 e. The van der Waals surface area contributed by atoms with Crippen molar-refractivity contribution >= 4 is 49.3 Å². The van der Waals surface area contributed by atoms with Crippen molar-refractivity contribution in [1.82, 2.24) is 9.55 Å². The summed E-state index contributed by atoms with van der Waals surface area (Å²) >= 11 is 3.45. The van der Waals surface area contributed by atoms with Crippen LogP contribution >= 0.6 is 15.9 Å². The molecule has 0 fully saturated rings. The molecule has 6 nitrogen and oxygen atoms in total. The Labute approximate surface area is 211 Å². The van der Waals surface area contributed by atoms with Crippen LogP contribution in [0.5, 0.6) is 5.88 Å². The SMILES string of the molecule is CCCn1c(O)c(N=NC(=O)c2cc(-c3ccc(Br)cc3)nc3ccccc23)c2cc(C)ccc21. The van der Waals surface area contributed by atoms with Gasteiger partial charge >= 0.3 is 0 Å². The predicted octanol–water partition coefficient (Wildman–Crippen LogP) is 7.97. The molecule has 2 aromatic heterocycles. The zero-order valence-electron chi connectivity index (χ0n) is 19.4. The molecule has 1 N–H and O–H groups in total. The highest BCUT2D eigenvalue weighted by atomic mass is 79.9. The van der Waals surface area contributed by atoms with Crippen LogP contribution in [0.1, 0.15) is 29.3 Å². The van der Waals surface area contributed by atoms with E-state index in [4.69, 9.17) is 4.98 Å². The number of carbonyl (C=O) groups excluding carboxylic acids is 1. The van der Waals surface area contributed by atoms with Crippen LogP contribution in [0.2, 0.25) is 0 Å². The molecular weight excluding hydrogens is 504 g/mol. The van der Waals surface area contributed by atoms with Gasteiger partial charge in [-0.25, -0.2) is 4.98 Å². The molecular formula is C28H23BrN4O2. The van der Waals surface area contributed by atoms with Gasteiger partial charge in [0.15, 0.2) is 5.69 Å². The highest BCUT2D eigenvalue weighted by Crippen LogP contribution is 2.39. The minimum atomic E-state index is -0.495. The highest BCUT2D eigenvalue weighted by Gasteiger charge is 2.18. The van der Waals surface area contributed by atoms with Gasteiger partial charge in [0.1, 0.15) is 0 Å². The van der Waals surface area contributed by atoms with Crippen molar-refractivity contribution in [3.63, 3.8) is 0 Å². The number of pyridine rings is 1. The van der Waals surface area contributed by atoms with E-state index in [1.165, 1.54) is 0 Å². The predicted molar refractivity (Wildman–Crippen MR) is 142 cm³/mol. The average molecular weight is 527 g/mol. The van der Waals surface area contributed by atoms with E-state index in [1.54, 1.807) is 10.6 Å². The van der Waals surface area contributed by atoms with Gasteiger partial charge in [0.2, 0.25) is 5.88 Å². The first-order chi connectivity index (χ1) is 17.0. The molecule has 0 saturated heterocycles. The van der Waals surface area contributed by atoms with Crippen LogP contribution in [0.25, 0.3) is 33.1 Å². The van der Waals surface area contributed by atoms with E-state index in [-0.39, 0.29) is 5.88 Å². The van der Waals surface area contributed by atoms with Crippen molar-refractivity contribution in [3.05, 3.63) is 88.4 Å². The molecule has 7 heteroatoms. The summed E-state index contributed by atoms with van der Waals surface area (Å²) in [6.45, 7) is 4.66. The maximum absolute atomic E-state index is 13.3. The summed E-state index contributed by atoms with van der Waals surface area (Å²) in [5.74, 6) is -0.482. The molecule has 174 valence electrons. The number of rotatable bonds is 5. The van der Waals surface area contributed by atoms with Crippen LogP contribution < -0.4 is 0 Å². The number of amides is 1. The second-order valence-electron chi connectivity index (χ2n) is 8.43. The fraction of sp³-hybridized carbons (Fsp3) is 0.143. The third-order valence-corrected chi connectivity index (χ3v) is 6.47. The van der Waals surface area contributed by atoms with Gasteiger partial charge in [-0.1, -0.05) is 64.8 Å². The monoisotopic (exact) mass is 526 g/mol. The molecule has 0 atom stereocenters. The van der Waals surface area contributed by atoms with Crippen molar-refractivity contribution in [3.8, 4) is 17.1 Å². The van der Waals surface area contributed by atoms with Crippen LogP contribution in [0.3, 0.4) is 0 Å².